The average molecular weight is 723 g/mol. The van der Waals surface area contributed by atoms with Gasteiger partial charge in [-0.3, -0.25) is 32.1 Å². The first kappa shape index (κ1) is 70.1. The Morgan fingerprint density at radius 2 is 0.520 bits per heavy atom. The third kappa shape index (κ3) is 61.7. The zero-order chi connectivity index (χ0) is 30.6. The van der Waals surface area contributed by atoms with Gasteiger partial charge in [0.1, 0.15) is 0 Å². The van der Waals surface area contributed by atoms with Gasteiger partial charge in [-0.25, -0.2) is 0 Å². The SMILES string of the molecule is C.C.C.C.C.C.NCCCCCCCCCCCCCNC(N)=[NH+]CCCCCCCCCCCCC[NH+]=C(N)NCCCCCCN.[CH3-].[CH3-]. The number of rotatable bonds is 33. The van der Waals surface area contributed by atoms with Gasteiger partial charge in [-0.15, -0.1) is 0 Å². The zero-order valence-electron chi connectivity index (χ0n) is 29.9. The Kier molecular flexibility index (Phi) is 87.7. The predicted molar refractivity (Wildman–Crippen MR) is 237 cm³/mol. The minimum absolute atomic E-state index is 0. The summed E-state index contributed by atoms with van der Waals surface area (Å²) in [5, 5.41) is 6.61. The molecule has 0 aliphatic rings. The van der Waals surface area contributed by atoms with Crippen molar-refractivity contribution in [2.45, 2.75) is 212 Å². The molecule has 314 valence electrons. The summed E-state index contributed by atoms with van der Waals surface area (Å²) in [5.41, 5.74) is 23.1. The molecular formula is C42H106N8. The lowest BCUT2D eigenvalue weighted by atomic mass is 10.1. The van der Waals surface area contributed by atoms with E-state index in [1.54, 1.807) is 0 Å². The molecule has 0 unspecified atom stereocenters. The van der Waals surface area contributed by atoms with E-state index in [0.717, 1.165) is 64.0 Å². The van der Waals surface area contributed by atoms with Gasteiger partial charge in [0.15, 0.2) is 0 Å². The van der Waals surface area contributed by atoms with Crippen LogP contribution in [-0.4, -0.2) is 51.2 Å². The summed E-state index contributed by atoms with van der Waals surface area (Å²) in [4.78, 5) is 6.65. The molecule has 8 heteroatoms. The summed E-state index contributed by atoms with van der Waals surface area (Å²) in [6.45, 7) is 5.53. The molecule has 0 heterocycles. The zero-order valence-corrected chi connectivity index (χ0v) is 29.9. The number of nitrogens with two attached hydrogens (primary N) is 4. The Morgan fingerprint density at radius 1 is 0.320 bits per heavy atom. The van der Waals surface area contributed by atoms with Crippen molar-refractivity contribution in [1.29, 1.82) is 0 Å². The first-order valence-corrected chi connectivity index (χ1v) is 18.3. The Hall–Kier alpha value is -1.54. The Bertz CT molecular complexity index is 584. The monoisotopic (exact) mass is 723 g/mol. The molecule has 0 amide bonds. The van der Waals surface area contributed by atoms with Gasteiger partial charge in [-0.05, 0) is 51.6 Å². The van der Waals surface area contributed by atoms with Crippen LogP contribution >= 0.6 is 0 Å². The van der Waals surface area contributed by atoms with Crippen LogP contribution < -0.4 is 43.6 Å². The van der Waals surface area contributed by atoms with Crippen LogP contribution in [0, 0.1) is 14.9 Å². The fraction of sp³-hybridized carbons (Fsp3) is 0.905. The largest absolute Gasteiger partial charge is 0.358 e. The van der Waals surface area contributed by atoms with Crippen LogP contribution in [0.1, 0.15) is 212 Å². The molecule has 0 atom stereocenters. The fourth-order valence-corrected chi connectivity index (χ4v) is 5.34. The van der Waals surface area contributed by atoms with Crippen LogP contribution in [0.3, 0.4) is 0 Å². The smallest absolute Gasteiger partial charge is 0.341 e. The van der Waals surface area contributed by atoms with E-state index >= 15 is 0 Å². The minimum Gasteiger partial charge on any atom is -0.358 e. The number of nitrogens with one attached hydrogen (secondary N) is 4. The average Bonchev–Trinajstić information content (AvgIpc) is 2.99. The highest BCUT2D eigenvalue weighted by Crippen LogP contribution is 2.12. The highest BCUT2D eigenvalue weighted by Gasteiger charge is 2.00. The molecule has 8 nitrogen and oxygen atoms in total. The number of hydrogen-bond acceptors (Lipinski definition) is 2. The van der Waals surface area contributed by atoms with Gasteiger partial charge in [0.25, 0.3) is 0 Å². The Labute approximate surface area is 320 Å². The molecule has 0 aromatic carbocycles. The normalized spacial score (nSPS) is 10.3. The third-order valence-corrected chi connectivity index (χ3v) is 8.13. The van der Waals surface area contributed by atoms with E-state index in [1.807, 2.05) is 0 Å². The molecule has 0 aromatic rings. The summed E-state index contributed by atoms with van der Waals surface area (Å²) in [5.74, 6) is 1.48. The first-order valence-electron chi connectivity index (χ1n) is 18.3. The molecule has 50 heavy (non-hydrogen) atoms. The highest BCUT2D eigenvalue weighted by atomic mass is 15.1. The summed E-state index contributed by atoms with van der Waals surface area (Å²) in [6.07, 6.45) is 33.9. The maximum absolute atomic E-state index is 6.08. The van der Waals surface area contributed by atoms with Crippen molar-refractivity contribution in [2.75, 3.05) is 39.3 Å². The molecule has 0 aliphatic heterocycles. The lowest BCUT2D eigenvalue weighted by molar-refractivity contribution is -0.461. The van der Waals surface area contributed by atoms with Crippen LogP contribution in [0.4, 0.5) is 0 Å². The number of unbranched alkanes of at least 4 members (excludes halogenated alkanes) is 23. The molecule has 0 spiro atoms. The van der Waals surface area contributed by atoms with Crippen molar-refractivity contribution < 1.29 is 9.98 Å². The molecule has 12 N–H and O–H groups in total. The molecule has 0 aliphatic carbocycles. The molecular weight excluding hydrogens is 617 g/mol. The maximum Gasteiger partial charge on any atom is 0.341 e. The van der Waals surface area contributed by atoms with Gasteiger partial charge < -0.3 is 26.3 Å². The van der Waals surface area contributed by atoms with Crippen LogP contribution in [0.5, 0.6) is 0 Å². The van der Waals surface area contributed by atoms with Gasteiger partial charge in [-0.1, -0.05) is 173 Å². The van der Waals surface area contributed by atoms with E-state index in [9.17, 15) is 0 Å². The summed E-state index contributed by atoms with van der Waals surface area (Å²) in [7, 11) is 0. The van der Waals surface area contributed by atoms with E-state index in [4.69, 9.17) is 22.9 Å². The van der Waals surface area contributed by atoms with Gasteiger partial charge in [0, 0.05) is 0 Å². The van der Waals surface area contributed by atoms with E-state index in [-0.39, 0.29) is 59.4 Å². The van der Waals surface area contributed by atoms with Gasteiger partial charge >= 0.3 is 11.9 Å². The van der Waals surface area contributed by atoms with Gasteiger partial charge in [-0.2, -0.15) is 0 Å². The van der Waals surface area contributed by atoms with Crippen molar-refractivity contribution in [3.8, 4) is 0 Å². The fourth-order valence-electron chi connectivity index (χ4n) is 5.34. The van der Waals surface area contributed by atoms with Crippen molar-refractivity contribution in [3.05, 3.63) is 14.9 Å². The number of hydrogen-bond donors (Lipinski definition) is 8. The Morgan fingerprint density at radius 3 is 0.760 bits per heavy atom. The number of guanidine groups is 2. The van der Waals surface area contributed by atoms with Crippen LogP contribution in [-0.2, 0) is 0 Å². The molecule has 0 fully saturated rings. The van der Waals surface area contributed by atoms with Crippen molar-refractivity contribution >= 4 is 11.9 Å². The van der Waals surface area contributed by atoms with Gasteiger partial charge in [0.05, 0.1) is 26.2 Å². The van der Waals surface area contributed by atoms with Gasteiger partial charge in [0.2, 0.25) is 0 Å². The Balaban J connectivity index is -0.000000300. The first-order chi connectivity index (χ1) is 20.7. The van der Waals surface area contributed by atoms with E-state index in [1.165, 1.54) is 154 Å². The summed E-state index contributed by atoms with van der Waals surface area (Å²) < 4.78 is 0. The summed E-state index contributed by atoms with van der Waals surface area (Å²) >= 11 is 0. The maximum atomic E-state index is 6.08. The topological polar surface area (TPSA) is 156 Å². The molecule has 0 radical (unpaired) electrons. The molecule has 0 rings (SSSR count). The van der Waals surface area contributed by atoms with E-state index in [2.05, 4.69) is 20.6 Å². The van der Waals surface area contributed by atoms with E-state index in [0.29, 0.717) is 0 Å². The lowest BCUT2D eigenvalue weighted by Gasteiger charge is -2.03. The second-order valence-corrected chi connectivity index (χ2v) is 12.3. The minimum atomic E-state index is 0. The van der Waals surface area contributed by atoms with Crippen LogP contribution in [0.15, 0.2) is 0 Å². The molecule has 0 aromatic heterocycles. The van der Waals surface area contributed by atoms with E-state index < -0.39 is 0 Å². The second-order valence-electron chi connectivity index (χ2n) is 12.3. The van der Waals surface area contributed by atoms with Crippen molar-refractivity contribution in [2.24, 2.45) is 22.9 Å². The van der Waals surface area contributed by atoms with Crippen molar-refractivity contribution in [1.82, 2.24) is 10.6 Å². The van der Waals surface area contributed by atoms with Crippen LogP contribution in [0.25, 0.3) is 0 Å². The van der Waals surface area contributed by atoms with Crippen molar-refractivity contribution in [3.63, 3.8) is 0 Å². The quantitative estimate of drug-likeness (QED) is 0.0150. The second kappa shape index (κ2) is 62.6. The standard InChI is InChI=1S/C34H74N8.6CH4.2CH3/c35-27-21-15-11-7-3-1-4-8-12-17-23-29-39-33(37)40-30-24-18-13-9-5-2-6-10-14-19-25-31-41-34(38)42-32-26-20-16-22-28-36;;;;;;;;/h1-32,35-36H2,(H3,37,39,40)(H3,38,41,42);6*1H4;2*1H3/q;;;;;;;2*-1/p+2. The molecule has 0 saturated carbocycles. The lowest BCUT2D eigenvalue weighted by Crippen LogP contribution is -2.78. The molecule has 0 saturated heterocycles. The summed E-state index contributed by atoms with van der Waals surface area (Å²) in [6, 6.07) is 0. The highest BCUT2D eigenvalue weighted by molar-refractivity contribution is 5.71. The predicted octanol–water partition coefficient (Wildman–Crippen LogP) is 7.73. The van der Waals surface area contributed by atoms with Crippen LogP contribution in [0.2, 0.25) is 0 Å². The third-order valence-electron chi connectivity index (χ3n) is 8.13. The molecule has 0 bridgehead atoms.